The zero-order chi connectivity index (χ0) is 16.7. The number of carbonyl (C=O) groups is 1. The summed E-state index contributed by atoms with van der Waals surface area (Å²) in [5.41, 5.74) is 2.07. The van der Waals surface area contributed by atoms with Gasteiger partial charge in [-0.05, 0) is 51.2 Å². The van der Waals surface area contributed by atoms with Crippen LogP contribution in [0.5, 0.6) is 0 Å². The van der Waals surface area contributed by atoms with Gasteiger partial charge in [-0.1, -0.05) is 12.1 Å². The number of benzene rings is 1. The Morgan fingerprint density at radius 3 is 2.70 bits per heavy atom. The van der Waals surface area contributed by atoms with Crippen molar-refractivity contribution in [2.45, 2.75) is 26.3 Å². The molecule has 1 unspecified atom stereocenters. The van der Waals surface area contributed by atoms with E-state index in [0.717, 1.165) is 12.2 Å². The van der Waals surface area contributed by atoms with Crippen LogP contribution < -0.4 is 10.6 Å². The second-order valence-electron chi connectivity index (χ2n) is 6.48. The molecule has 5 heteroatoms. The topological polar surface area (TPSA) is 47.6 Å². The lowest BCUT2D eigenvalue weighted by molar-refractivity contribution is -0.114. The van der Waals surface area contributed by atoms with Gasteiger partial charge < -0.3 is 20.4 Å². The van der Waals surface area contributed by atoms with Gasteiger partial charge in [0.2, 0.25) is 5.91 Å². The molecule has 0 aliphatic carbocycles. The Labute approximate surface area is 140 Å². The molecule has 1 aromatic carbocycles. The molecule has 1 saturated heterocycles. The van der Waals surface area contributed by atoms with Gasteiger partial charge >= 0.3 is 0 Å². The number of nitrogens with zero attached hydrogens (tertiary/aromatic N) is 2. The number of piperazine rings is 1. The molecular weight excluding hydrogens is 288 g/mol. The normalized spacial score (nSPS) is 17.9. The maximum Gasteiger partial charge on any atom is 0.221 e. The highest BCUT2D eigenvalue weighted by molar-refractivity contribution is 5.88. The molecule has 1 heterocycles. The van der Waals surface area contributed by atoms with Crippen molar-refractivity contribution in [3.8, 4) is 0 Å². The van der Waals surface area contributed by atoms with E-state index in [9.17, 15) is 4.79 Å². The zero-order valence-electron chi connectivity index (χ0n) is 14.6. The molecule has 5 nitrogen and oxygen atoms in total. The van der Waals surface area contributed by atoms with Crippen LogP contribution in [0, 0.1) is 0 Å². The van der Waals surface area contributed by atoms with Crippen LogP contribution in [0.4, 0.5) is 5.69 Å². The number of anilines is 1. The summed E-state index contributed by atoms with van der Waals surface area (Å²) in [6.07, 6.45) is 1.17. The molecule has 1 aliphatic rings. The van der Waals surface area contributed by atoms with Crippen molar-refractivity contribution in [3.63, 3.8) is 0 Å². The van der Waals surface area contributed by atoms with Crippen LogP contribution in [-0.4, -0.2) is 62.0 Å². The van der Waals surface area contributed by atoms with Gasteiger partial charge in [0, 0.05) is 44.8 Å². The third kappa shape index (κ3) is 6.29. The summed E-state index contributed by atoms with van der Waals surface area (Å²) < 4.78 is 0. The summed E-state index contributed by atoms with van der Waals surface area (Å²) in [4.78, 5) is 16.1. The molecule has 0 radical (unpaired) electrons. The highest BCUT2D eigenvalue weighted by atomic mass is 16.1. The van der Waals surface area contributed by atoms with E-state index >= 15 is 0 Å². The van der Waals surface area contributed by atoms with Gasteiger partial charge in [0.05, 0.1) is 0 Å². The van der Waals surface area contributed by atoms with Crippen LogP contribution >= 0.6 is 0 Å². The molecule has 0 aromatic heterocycles. The summed E-state index contributed by atoms with van der Waals surface area (Å²) >= 11 is 0. The van der Waals surface area contributed by atoms with Gasteiger partial charge in [0.1, 0.15) is 0 Å². The van der Waals surface area contributed by atoms with Crippen LogP contribution in [0.1, 0.15) is 31.9 Å². The number of likely N-dealkylation sites (N-methyl/N-ethyl adjacent to an activating group) is 1. The number of rotatable bonds is 7. The lowest BCUT2D eigenvalue weighted by atomic mass is 10.1. The smallest absolute Gasteiger partial charge is 0.221 e. The molecule has 1 fully saturated rings. The first-order chi connectivity index (χ1) is 11.0. The fourth-order valence-corrected chi connectivity index (χ4v) is 2.90. The van der Waals surface area contributed by atoms with E-state index < -0.39 is 0 Å². The molecule has 1 aromatic rings. The van der Waals surface area contributed by atoms with Crippen molar-refractivity contribution in [3.05, 3.63) is 29.8 Å². The summed E-state index contributed by atoms with van der Waals surface area (Å²) in [6.45, 7) is 10.6. The number of hydrogen-bond donors (Lipinski definition) is 2. The predicted octanol–water partition coefficient (Wildman–Crippen LogP) is 1.93. The average molecular weight is 318 g/mol. The van der Waals surface area contributed by atoms with Gasteiger partial charge in [0.25, 0.3) is 0 Å². The first-order valence-electron chi connectivity index (χ1n) is 8.56. The monoisotopic (exact) mass is 318 g/mol. The first kappa shape index (κ1) is 17.9. The largest absolute Gasteiger partial charge is 0.326 e. The molecule has 0 spiro atoms. The molecule has 1 aliphatic heterocycles. The third-order valence-corrected chi connectivity index (χ3v) is 4.40. The standard InChI is InChI=1S/C18H30N4O/c1-15(17-6-4-7-18(14-17)20-16(2)23)19-8-5-9-22-12-10-21(3)11-13-22/h4,6-7,14-15,19H,5,8-13H2,1-3H3,(H,20,23). The Balaban J connectivity index is 1.70. The predicted molar refractivity (Wildman–Crippen MR) is 95.7 cm³/mol. The lowest BCUT2D eigenvalue weighted by Crippen LogP contribution is -2.45. The van der Waals surface area contributed by atoms with E-state index in [2.05, 4.69) is 40.5 Å². The average Bonchev–Trinajstić information content (AvgIpc) is 2.52. The van der Waals surface area contributed by atoms with E-state index in [1.54, 1.807) is 0 Å². The fourth-order valence-electron chi connectivity index (χ4n) is 2.90. The zero-order valence-corrected chi connectivity index (χ0v) is 14.6. The summed E-state index contributed by atoms with van der Waals surface area (Å²) in [5.74, 6) is -0.0325. The van der Waals surface area contributed by atoms with Crippen molar-refractivity contribution in [1.82, 2.24) is 15.1 Å². The lowest BCUT2D eigenvalue weighted by Gasteiger charge is -2.32. The molecule has 1 atom stereocenters. The minimum absolute atomic E-state index is 0.0325. The molecule has 23 heavy (non-hydrogen) atoms. The minimum atomic E-state index is -0.0325. The number of amides is 1. The molecular formula is C18H30N4O. The molecule has 0 saturated carbocycles. The first-order valence-corrected chi connectivity index (χ1v) is 8.56. The molecule has 2 N–H and O–H groups in total. The second-order valence-corrected chi connectivity index (χ2v) is 6.48. The van der Waals surface area contributed by atoms with Crippen molar-refractivity contribution >= 4 is 11.6 Å². The van der Waals surface area contributed by atoms with E-state index in [0.29, 0.717) is 0 Å². The van der Waals surface area contributed by atoms with Gasteiger partial charge in [-0.3, -0.25) is 4.79 Å². The Kier molecular flexibility index (Phi) is 7.02. The Bertz CT molecular complexity index is 498. The summed E-state index contributed by atoms with van der Waals surface area (Å²) in [6, 6.07) is 8.34. The quantitative estimate of drug-likeness (QED) is 0.754. The second kappa shape index (κ2) is 9.01. The van der Waals surface area contributed by atoms with Crippen LogP contribution in [0.2, 0.25) is 0 Å². The van der Waals surface area contributed by atoms with E-state index in [1.165, 1.54) is 51.6 Å². The van der Waals surface area contributed by atoms with Gasteiger partial charge in [-0.15, -0.1) is 0 Å². The van der Waals surface area contributed by atoms with Crippen molar-refractivity contribution in [2.24, 2.45) is 0 Å². The highest BCUT2D eigenvalue weighted by Gasteiger charge is 2.13. The molecule has 1 amide bonds. The molecule has 2 rings (SSSR count). The van der Waals surface area contributed by atoms with Crippen molar-refractivity contribution in [1.29, 1.82) is 0 Å². The van der Waals surface area contributed by atoms with Crippen molar-refractivity contribution in [2.75, 3.05) is 51.6 Å². The Morgan fingerprint density at radius 2 is 2.00 bits per heavy atom. The highest BCUT2D eigenvalue weighted by Crippen LogP contribution is 2.17. The van der Waals surface area contributed by atoms with E-state index in [4.69, 9.17) is 0 Å². The van der Waals surface area contributed by atoms with Gasteiger partial charge in [0.15, 0.2) is 0 Å². The summed E-state index contributed by atoms with van der Waals surface area (Å²) in [5, 5.41) is 6.41. The van der Waals surface area contributed by atoms with E-state index in [1.807, 2.05) is 18.2 Å². The minimum Gasteiger partial charge on any atom is -0.326 e. The van der Waals surface area contributed by atoms with E-state index in [-0.39, 0.29) is 11.9 Å². The third-order valence-electron chi connectivity index (χ3n) is 4.40. The molecule has 128 valence electrons. The molecule has 0 bridgehead atoms. The van der Waals surface area contributed by atoms with Gasteiger partial charge in [-0.2, -0.15) is 0 Å². The van der Waals surface area contributed by atoms with Crippen LogP contribution in [0.3, 0.4) is 0 Å². The number of hydrogen-bond acceptors (Lipinski definition) is 4. The van der Waals surface area contributed by atoms with Crippen LogP contribution in [0.25, 0.3) is 0 Å². The maximum atomic E-state index is 11.1. The van der Waals surface area contributed by atoms with Crippen molar-refractivity contribution < 1.29 is 4.79 Å². The SMILES string of the molecule is CC(=O)Nc1cccc(C(C)NCCCN2CCN(C)CC2)c1. The number of nitrogens with one attached hydrogen (secondary N) is 2. The van der Waals surface area contributed by atoms with Crippen LogP contribution in [0.15, 0.2) is 24.3 Å². The Morgan fingerprint density at radius 1 is 1.26 bits per heavy atom. The summed E-state index contributed by atoms with van der Waals surface area (Å²) in [7, 11) is 2.19. The van der Waals surface area contributed by atoms with Crippen LogP contribution in [-0.2, 0) is 4.79 Å². The Hall–Kier alpha value is -1.43. The number of carbonyl (C=O) groups excluding carboxylic acids is 1. The fraction of sp³-hybridized carbons (Fsp3) is 0.611. The maximum absolute atomic E-state index is 11.1. The van der Waals surface area contributed by atoms with Gasteiger partial charge in [-0.25, -0.2) is 0 Å².